The first-order valence-corrected chi connectivity index (χ1v) is 11.9. The topological polar surface area (TPSA) is 141 Å². The number of ether oxygens (including phenoxy) is 1. The van der Waals surface area contributed by atoms with Crippen molar-refractivity contribution in [2.75, 3.05) is 23.0 Å². The number of carbonyl (C=O) groups is 3. The van der Waals surface area contributed by atoms with Gasteiger partial charge in [-0.2, -0.15) is 0 Å². The van der Waals surface area contributed by atoms with E-state index in [0.717, 1.165) is 4.90 Å². The number of anilines is 2. The molecule has 1 aromatic heterocycles. The summed E-state index contributed by atoms with van der Waals surface area (Å²) in [5.74, 6) is -1.02. The molecule has 0 aliphatic carbocycles. The molecule has 0 spiro atoms. The number of nitrogens with zero attached hydrogens (tertiary/aromatic N) is 2. The van der Waals surface area contributed by atoms with E-state index in [4.69, 9.17) is 4.74 Å². The van der Waals surface area contributed by atoms with Crippen molar-refractivity contribution in [2.24, 2.45) is 0 Å². The van der Waals surface area contributed by atoms with Gasteiger partial charge in [-0.15, -0.1) is 23.1 Å². The molecular formula is C22H20N4O6S2. The van der Waals surface area contributed by atoms with Gasteiger partial charge in [0.1, 0.15) is 0 Å². The van der Waals surface area contributed by atoms with E-state index in [-0.39, 0.29) is 35.3 Å². The molecule has 10 nitrogen and oxygen atoms in total. The molecule has 0 radical (unpaired) electrons. The summed E-state index contributed by atoms with van der Waals surface area (Å²) in [6.07, 6.45) is 0.0454. The van der Waals surface area contributed by atoms with Crippen LogP contribution in [-0.4, -0.2) is 40.1 Å². The van der Waals surface area contributed by atoms with Crippen LogP contribution in [0.1, 0.15) is 23.0 Å². The molecule has 0 saturated carbocycles. The highest BCUT2D eigenvalue weighted by molar-refractivity contribution is 8.00. The lowest BCUT2D eigenvalue weighted by Crippen LogP contribution is -2.14. The molecule has 0 atom stereocenters. The smallest absolute Gasteiger partial charge is 0.311 e. The number of benzene rings is 2. The molecular weight excluding hydrogens is 480 g/mol. The SMILES string of the molecule is CCOC(=O)Cc1csc(NC(=O)CSc2cccc(NC(=O)c3cccc([N+](=O)[O-])c3)c2)n1. The van der Waals surface area contributed by atoms with Gasteiger partial charge in [0.25, 0.3) is 11.6 Å². The van der Waals surface area contributed by atoms with Crippen LogP contribution >= 0.6 is 23.1 Å². The average molecular weight is 501 g/mol. The predicted molar refractivity (Wildman–Crippen MR) is 129 cm³/mol. The minimum atomic E-state index is -0.563. The van der Waals surface area contributed by atoms with Crippen molar-refractivity contribution in [3.05, 3.63) is 75.3 Å². The maximum Gasteiger partial charge on any atom is 0.311 e. The van der Waals surface area contributed by atoms with Crippen LogP contribution in [0.15, 0.2) is 58.8 Å². The van der Waals surface area contributed by atoms with Crippen molar-refractivity contribution >= 4 is 57.4 Å². The van der Waals surface area contributed by atoms with Gasteiger partial charge in [0.15, 0.2) is 5.13 Å². The number of non-ortho nitro benzene ring substituents is 1. The molecule has 0 aliphatic heterocycles. The Hall–Kier alpha value is -3.77. The monoisotopic (exact) mass is 500 g/mol. The number of esters is 1. The van der Waals surface area contributed by atoms with E-state index in [0.29, 0.717) is 23.1 Å². The van der Waals surface area contributed by atoms with Gasteiger partial charge in [-0.3, -0.25) is 24.5 Å². The maximum absolute atomic E-state index is 12.4. The lowest BCUT2D eigenvalue weighted by molar-refractivity contribution is -0.384. The van der Waals surface area contributed by atoms with E-state index in [9.17, 15) is 24.5 Å². The third kappa shape index (κ3) is 7.39. The second-order valence-electron chi connectivity index (χ2n) is 6.75. The quantitative estimate of drug-likeness (QED) is 0.183. The molecule has 3 rings (SSSR count). The number of thioether (sulfide) groups is 1. The van der Waals surface area contributed by atoms with Crippen molar-refractivity contribution in [1.29, 1.82) is 0 Å². The van der Waals surface area contributed by atoms with Crippen LogP contribution in [0.2, 0.25) is 0 Å². The Morgan fingerprint density at radius 2 is 1.94 bits per heavy atom. The molecule has 0 bridgehead atoms. The molecule has 1 heterocycles. The van der Waals surface area contributed by atoms with Crippen molar-refractivity contribution in [3.63, 3.8) is 0 Å². The minimum Gasteiger partial charge on any atom is -0.466 e. The molecule has 2 aromatic carbocycles. The number of hydrogen-bond donors (Lipinski definition) is 2. The largest absolute Gasteiger partial charge is 0.466 e. The minimum absolute atomic E-state index is 0.0454. The van der Waals surface area contributed by atoms with E-state index >= 15 is 0 Å². The Morgan fingerprint density at radius 1 is 1.15 bits per heavy atom. The Balaban J connectivity index is 1.52. The molecule has 2 amide bonds. The summed E-state index contributed by atoms with van der Waals surface area (Å²) < 4.78 is 4.88. The lowest BCUT2D eigenvalue weighted by Gasteiger charge is -2.08. The zero-order valence-corrected chi connectivity index (χ0v) is 19.6. The number of amides is 2. The van der Waals surface area contributed by atoms with Crippen molar-refractivity contribution < 1.29 is 24.0 Å². The van der Waals surface area contributed by atoms with Crippen LogP contribution in [0.25, 0.3) is 0 Å². The van der Waals surface area contributed by atoms with E-state index in [1.165, 1.54) is 47.4 Å². The van der Waals surface area contributed by atoms with E-state index in [1.807, 2.05) is 0 Å². The number of hydrogen-bond acceptors (Lipinski definition) is 9. The summed E-state index contributed by atoms with van der Waals surface area (Å²) in [5, 5.41) is 18.4. The van der Waals surface area contributed by atoms with E-state index in [2.05, 4.69) is 15.6 Å². The first kappa shape index (κ1) is 24.9. The van der Waals surface area contributed by atoms with Gasteiger partial charge in [0, 0.05) is 33.7 Å². The Bertz CT molecular complexity index is 1210. The van der Waals surface area contributed by atoms with Crippen molar-refractivity contribution in [2.45, 2.75) is 18.2 Å². The zero-order valence-electron chi connectivity index (χ0n) is 18.0. The number of nitrogens with one attached hydrogen (secondary N) is 2. The fourth-order valence-electron chi connectivity index (χ4n) is 2.74. The molecule has 2 N–H and O–H groups in total. The van der Waals surface area contributed by atoms with Crippen LogP contribution in [0.3, 0.4) is 0 Å². The molecule has 0 fully saturated rings. The highest BCUT2D eigenvalue weighted by Gasteiger charge is 2.13. The Morgan fingerprint density at radius 3 is 2.71 bits per heavy atom. The number of thiazole rings is 1. The van der Waals surface area contributed by atoms with Crippen LogP contribution in [0.5, 0.6) is 0 Å². The second-order valence-corrected chi connectivity index (χ2v) is 8.66. The predicted octanol–water partition coefficient (Wildman–Crippen LogP) is 4.14. The van der Waals surface area contributed by atoms with Gasteiger partial charge in [-0.05, 0) is 31.2 Å². The highest BCUT2D eigenvalue weighted by atomic mass is 32.2. The second kappa shape index (κ2) is 11.9. The summed E-state index contributed by atoms with van der Waals surface area (Å²) in [7, 11) is 0. The van der Waals surface area contributed by atoms with Crippen LogP contribution in [0.4, 0.5) is 16.5 Å². The summed E-state index contributed by atoms with van der Waals surface area (Å²) in [6, 6.07) is 12.4. The Labute approximate surface area is 202 Å². The number of nitro groups is 1. The van der Waals surface area contributed by atoms with Crippen LogP contribution in [-0.2, 0) is 20.7 Å². The summed E-state index contributed by atoms with van der Waals surface area (Å²) in [4.78, 5) is 51.5. The maximum atomic E-state index is 12.4. The summed E-state index contributed by atoms with van der Waals surface area (Å²) >= 11 is 2.49. The first-order valence-electron chi connectivity index (χ1n) is 10.0. The highest BCUT2D eigenvalue weighted by Crippen LogP contribution is 2.23. The molecule has 3 aromatic rings. The number of carbonyl (C=O) groups excluding carboxylic acids is 3. The molecule has 0 unspecified atom stereocenters. The number of nitro benzene ring substituents is 1. The standard InChI is InChI=1S/C22H20N4O6S2/c1-2-32-20(28)11-16-12-34-22(24-16)25-19(27)13-33-18-8-4-6-15(10-18)23-21(29)14-5-3-7-17(9-14)26(30)31/h3-10,12H,2,11,13H2,1H3,(H,23,29)(H,24,25,27). The lowest BCUT2D eigenvalue weighted by atomic mass is 10.2. The zero-order chi connectivity index (χ0) is 24.5. The fourth-order valence-corrected chi connectivity index (χ4v) is 4.22. The molecule has 0 aliphatic rings. The fraction of sp³-hybridized carbons (Fsp3) is 0.182. The van der Waals surface area contributed by atoms with Crippen molar-refractivity contribution in [3.8, 4) is 0 Å². The first-order chi connectivity index (χ1) is 16.3. The summed E-state index contributed by atoms with van der Waals surface area (Å²) in [5.41, 5.74) is 1.01. The Kier molecular flexibility index (Phi) is 8.71. The normalized spacial score (nSPS) is 10.4. The van der Waals surface area contributed by atoms with Gasteiger partial charge >= 0.3 is 5.97 Å². The van der Waals surface area contributed by atoms with Crippen LogP contribution < -0.4 is 10.6 Å². The van der Waals surface area contributed by atoms with E-state index < -0.39 is 10.8 Å². The van der Waals surface area contributed by atoms with Gasteiger partial charge in [-0.25, -0.2) is 4.98 Å². The van der Waals surface area contributed by atoms with E-state index in [1.54, 1.807) is 36.6 Å². The van der Waals surface area contributed by atoms with Crippen LogP contribution in [0, 0.1) is 10.1 Å². The molecule has 34 heavy (non-hydrogen) atoms. The molecule has 12 heteroatoms. The number of aromatic nitrogens is 1. The van der Waals surface area contributed by atoms with Crippen molar-refractivity contribution in [1.82, 2.24) is 4.98 Å². The van der Waals surface area contributed by atoms with Gasteiger partial charge in [0.05, 0.1) is 29.4 Å². The molecule has 176 valence electrons. The van der Waals surface area contributed by atoms with Gasteiger partial charge in [-0.1, -0.05) is 12.1 Å². The molecule has 0 saturated heterocycles. The van der Waals surface area contributed by atoms with Gasteiger partial charge in [0.2, 0.25) is 5.91 Å². The van der Waals surface area contributed by atoms with Gasteiger partial charge < -0.3 is 15.4 Å². The summed E-state index contributed by atoms with van der Waals surface area (Å²) in [6.45, 7) is 2.02. The third-order valence-electron chi connectivity index (χ3n) is 4.21. The average Bonchev–Trinajstić information content (AvgIpc) is 3.24. The number of rotatable bonds is 10. The third-order valence-corrected chi connectivity index (χ3v) is 6.01.